The van der Waals surface area contributed by atoms with Crippen molar-refractivity contribution in [3.8, 4) is 0 Å². The van der Waals surface area contributed by atoms with Gasteiger partial charge in [-0.3, -0.25) is 9.48 Å². The zero-order chi connectivity index (χ0) is 17.4. The summed E-state index contributed by atoms with van der Waals surface area (Å²) in [4.78, 5) is 15.0. The highest BCUT2D eigenvalue weighted by Gasteiger charge is 2.51. The van der Waals surface area contributed by atoms with Gasteiger partial charge >= 0.3 is 0 Å². The molecule has 1 saturated carbocycles. The van der Waals surface area contributed by atoms with Crippen LogP contribution in [0.25, 0.3) is 0 Å². The standard InChI is InChI=1S/C18H26N6O/c1-3-22-13-19-20-16(22)14-11-23(12-18(14)8-5-6-9-18)17(25)15-7-10-24(4-2)21-15/h7,10,13-14H,3-6,8-9,11-12H2,1-2H3. The Bertz CT molecular complexity index is 757. The zero-order valence-electron chi connectivity index (χ0n) is 15.1. The van der Waals surface area contributed by atoms with Gasteiger partial charge in [-0.25, -0.2) is 0 Å². The van der Waals surface area contributed by atoms with Gasteiger partial charge in [0.05, 0.1) is 0 Å². The van der Waals surface area contributed by atoms with Crippen LogP contribution in [0.2, 0.25) is 0 Å². The molecular formula is C18H26N6O. The van der Waals surface area contributed by atoms with Gasteiger partial charge in [0.2, 0.25) is 0 Å². The lowest BCUT2D eigenvalue weighted by Crippen LogP contribution is -2.31. The average Bonchev–Trinajstić information content (AvgIpc) is 3.42. The molecule has 2 aromatic rings. The Morgan fingerprint density at radius 1 is 1.28 bits per heavy atom. The zero-order valence-corrected chi connectivity index (χ0v) is 15.1. The fraction of sp³-hybridized carbons (Fsp3) is 0.667. The number of hydrogen-bond acceptors (Lipinski definition) is 4. The summed E-state index contributed by atoms with van der Waals surface area (Å²) in [5, 5.41) is 13.0. The number of nitrogens with zero attached hydrogens (tertiary/aromatic N) is 6. The van der Waals surface area contributed by atoms with Gasteiger partial charge in [0.25, 0.3) is 5.91 Å². The van der Waals surface area contributed by atoms with Crippen molar-refractivity contribution >= 4 is 5.91 Å². The molecule has 2 aliphatic rings. The van der Waals surface area contributed by atoms with E-state index in [1.165, 1.54) is 25.7 Å². The van der Waals surface area contributed by atoms with Crippen LogP contribution >= 0.6 is 0 Å². The van der Waals surface area contributed by atoms with Crippen molar-refractivity contribution < 1.29 is 4.79 Å². The van der Waals surface area contributed by atoms with Crippen molar-refractivity contribution in [2.45, 2.75) is 58.5 Å². The van der Waals surface area contributed by atoms with Gasteiger partial charge in [0.15, 0.2) is 0 Å². The second-order valence-electron chi connectivity index (χ2n) is 7.34. The van der Waals surface area contributed by atoms with Gasteiger partial charge in [-0.2, -0.15) is 5.10 Å². The molecule has 2 fully saturated rings. The van der Waals surface area contributed by atoms with Crippen LogP contribution in [0.5, 0.6) is 0 Å². The molecule has 0 radical (unpaired) electrons. The largest absolute Gasteiger partial charge is 0.336 e. The Balaban J connectivity index is 1.63. The minimum absolute atomic E-state index is 0.0449. The first kappa shape index (κ1) is 16.3. The molecule has 0 N–H and O–H groups in total. The Kier molecular flexibility index (Phi) is 4.09. The van der Waals surface area contributed by atoms with Crippen LogP contribution in [0, 0.1) is 5.41 Å². The third-order valence-electron chi connectivity index (χ3n) is 6.02. The maximum absolute atomic E-state index is 13.0. The number of aromatic nitrogens is 5. The summed E-state index contributed by atoms with van der Waals surface area (Å²) >= 11 is 0. The lowest BCUT2D eigenvalue weighted by Gasteiger charge is -2.29. The van der Waals surface area contributed by atoms with Crippen molar-refractivity contribution in [3.05, 3.63) is 30.1 Å². The van der Waals surface area contributed by atoms with E-state index in [4.69, 9.17) is 0 Å². The SMILES string of the molecule is CCn1ccc(C(=O)N2CC(c3nncn3CC)C3(CCCC3)C2)n1. The molecule has 2 aromatic heterocycles. The maximum atomic E-state index is 13.0. The lowest BCUT2D eigenvalue weighted by molar-refractivity contribution is 0.0766. The highest BCUT2D eigenvalue weighted by atomic mass is 16.2. The van der Waals surface area contributed by atoms with Gasteiger partial charge in [0, 0.05) is 38.3 Å². The predicted octanol–water partition coefficient (Wildman–Crippen LogP) is 2.31. The molecule has 1 saturated heterocycles. The van der Waals surface area contributed by atoms with Crippen molar-refractivity contribution in [2.24, 2.45) is 5.41 Å². The van der Waals surface area contributed by atoms with Crippen LogP contribution in [0.15, 0.2) is 18.6 Å². The molecule has 1 spiro atoms. The fourth-order valence-electron chi connectivity index (χ4n) is 4.66. The first-order valence-corrected chi connectivity index (χ1v) is 9.37. The average molecular weight is 342 g/mol. The minimum Gasteiger partial charge on any atom is -0.336 e. The van der Waals surface area contributed by atoms with Gasteiger partial charge < -0.3 is 9.47 Å². The van der Waals surface area contributed by atoms with Crippen LogP contribution in [-0.4, -0.2) is 48.4 Å². The summed E-state index contributed by atoms with van der Waals surface area (Å²) in [6.07, 6.45) is 8.50. The molecule has 0 aromatic carbocycles. The molecule has 1 aliphatic heterocycles. The van der Waals surface area contributed by atoms with E-state index in [0.29, 0.717) is 5.69 Å². The van der Waals surface area contributed by atoms with E-state index in [0.717, 1.165) is 32.0 Å². The molecule has 7 heteroatoms. The van der Waals surface area contributed by atoms with Crippen LogP contribution in [0.1, 0.15) is 61.8 Å². The van der Waals surface area contributed by atoms with Gasteiger partial charge in [-0.15, -0.1) is 10.2 Å². The van der Waals surface area contributed by atoms with Gasteiger partial charge in [0.1, 0.15) is 17.8 Å². The number of carbonyl (C=O) groups excluding carboxylic acids is 1. The number of likely N-dealkylation sites (tertiary alicyclic amines) is 1. The Hall–Kier alpha value is -2.18. The van der Waals surface area contributed by atoms with E-state index in [-0.39, 0.29) is 17.2 Å². The summed E-state index contributed by atoms with van der Waals surface area (Å²) in [6, 6.07) is 1.83. The molecule has 134 valence electrons. The monoisotopic (exact) mass is 342 g/mol. The Morgan fingerprint density at radius 2 is 2.08 bits per heavy atom. The van der Waals surface area contributed by atoms with E-state index in [9.17, 15) is 4.79 Å². The van der Waals surface area contributed by atoms with Crippen molar-refractivity contribution in [3.63, 3.8) is 0 Å². The molecule has 3 heterocycles. The quantitative estimate of drug-likeness (QED) is 0.855. The smallest absolute Gasteiger partial charge is 0.274 e. The van der Waals surface area contributed by atoms with Crippen molar-refractivity contribution in [1.29, 1.82) is 0 Å². The molecule has 1 aliphatic carbocycles. The summed E-state index contributed by atoms with van der Waals surface area (Å²) in [5.41, 5.74) is 0.704. The lowest BCUT2D eigenvalue weighted by atomic mass is 9.76. The highest BCUT2D eigenvalue weighted by molar-refractivity contribution is 5.92. The van der Waals surface area contributed by atoms with Gasteiger partial charge in [-0.1, -0.05) is 12.8 Å². The van der Waals surface area contributed by atoms with Crippen LogP contribution in [0.3, 0.4) is 0 Å². The maximum Gasteiger partial charge on any atom is 0.274 e. The van der Waals surface area contributed by atoms with E-state index in [1.807, 2.05) is 30.4 Å². The summed E-state index contributed by atoms with van der Waals surface area (Å²) in [5.74, 6) is 1.36. The Labute approximate surface area is 148 Å². The molecular weight excluding hydrogens is 316 g/mol. The summed E-state index contributed by atoms with van der Waals surface area (Å²) < 4.78 is 3.93. The van der Waals surface area contributed by atoms with Crippen LogP contribution in [-0.2, 0) is 13.1 Å². The number of hydrogen-bond donors (Lipinski definition) is 0. The third-order valence-corrected chi connectivity index (χ3v) is 6.02. The van der Waals surface area contributed by atoms with E-state index < -0.39 is 0 Å². The third kappa shape index (κ3) is 2.65. The molecule has 7 nitrogen and oxygen atoms in total. The number of carbonyl (C=O) groups is 1. The first-order valence-electron chi connectivity index (χ1n) is 9.37. The summed E-state index contributed by atoms with van der Waals surface area (Å²) in [7, 11) is 0. The summed E-state index contributed by atoms with van der Waals surface area (Å²) in [6.45, 7) is 7.31. The van der Waals surface area contributed by atoms with Crippen LogP contribution in [0.4, 0.5) is 0 Å². The normalized spacial score (nSPS) is 22.2. The van der Waals surface area contributed by atoms with E-state index in [1.54, 1.807) is 4.68 Å². The van der Waals surface area contributed by atoms with Gasteiger partial charge in [-0.05, 0) is 38.2 Å². The second-order valence-corrected chi connectivity index (χ2v) is 7.34. The predicted molar refractivity (Wildman–Crippen MR) is 93.1 cm³/mol. The van der Waals surface area contributed by atoms with E-state index in [2.05, 4.69) is 26.8 Å². The number of aryl methyl sites for hydroxylation is 2. The topological polar surface area (TPSA) is 68.8 Å². The molecule has 25 heavy (non-hydrogen) atoms. The molecule has 1 unspecified atom stereocenters. The number of rotatable bonds is 4. The van der Waals surface area contributed by atoms with E-state index >= 15 is 0 Å². The molecule has 1 atom stereocenters. The number of amides is 1. The second kappa shape index (κ2) is 6.28. The first-order chi connectivity index (χ1) is 12.2. The Morgan fingerprint density at radius 3 is 2.76 bits per heavy atom. The minimum atomic E-state index is 0.0449. The molecule has 0 bridgehead atoms. The molecule has 4 rings (SSSR count). The van der Waals surface area contributed by atoms with Crippen molar-refractivity contribution in [1.82, 2.24) is 29.4 Å². The fourth-order valence-corrected chi connectivity index (χ4v) is 4.66. The molecule has 1 amide bonds. The van der Waals surface area contributed by atoms with Crippen LogP contribution < -0.4 is 0 Å². The highest BCUT2D eigenvalue weighted by Crippen LogP contribution is 2.53. The van der Waals surface area contributed by atoms with Crippen molar-refractivity contribution in [2.75, 3.05) is 13.1 Å².